The number of nitrogens with one attached hydrogen (secondary N) is 1. The molecule has 0 saturated heterocycles. The van der Waals surface area contributed by atoms with Crippen molar-refractivity contribution in [2.24, 2.45) is 5.10 Å². The summed E-state index contributed by atoms with van der Waals surface area (Å²) in [4.78, 5) is 12.6. The zero-order valence-corrected chi connectivity index (χ0v) is 25.1. The summed E-state index contributed by atoms with van der Waals surface area (Å²) < 4.78 is 25.1. The molecule has 0 aliphatic rings. The summed E-state index contributed by atoms with van der Waals surface area (Å²) in [5.41, 5.74) is 8.64. The second-order valence-electron chi connectivity index (χ2n) is 10.0. The van der Waals surface area contributed by atoms with Gasteiger partial charge in [0.1, 0.15) is 24.7 Å². The Labute approximate surface area is 255 Å². The highest BCUT2D eigenvalue weighted by Crippen LogP contribution is 2.36. The number of nitrogens with zero attached hydrogens (tertiary/aromatic N) is 2. The number of rotatable bonds is 11. The first-order chi connectivity index (χ1) is 20.8. The lowest BCUT2D eigenvalue weighted by atomic mass is 10.1. The van der Waals surface area contributed by atoms with Crippen LogP contribution >= 0.6 is 11.6 Å². The number of halogens is 1. The maximum Gasteiger partial charge on any atom is 0.307 e. The lowest BCUT2D eigenvalue weighted by Crippen LogP contribution is -2.16. The maximum atomic E-state index is 12.6. The van der Waals surface area contributed by atoms with Crippen molar-refractivity contribution in [1.82, 2.24) is 9.99 Å². The molecular weight excluding hydrogens is 566 g/mol. The molecule has 8 nitrogen and oxygen atoms in total. The number of ether oxygens (including phenoxy) is 3. The minimum absolute atomic E-state index is 0.111. The van der Waals surface area contributed by atoms with Gasteiger partial charge in [-0.2, -0.15) is 5.10 Å². The van der Waals surface area contributed by atoms with Crippen molar-refractivity contribution in [1.29, 1.82) is 0 Å². The molecule has 2 aromatic heterocycles. The van der Waals surface area contributed by atoms with Gasteiger partial charge in [0, 0.05) is 17.1 Å². The molecule has 0 bridgehead atoms. The topological polar surface area (TPSA) is 87.2 Å². The number of hydrogen-bond acceptors (Lipinski definition) is 6. The van der Waals surface area contributed by atoms with E-state index in [1.807, 2.05) is 55.5 Å². The summed E-state index contributed by atoms with van der Waals surface area (Å²) >= 11 is 6.49. The highest BCUT2D eigenvalue weighted by atomic mass is 35.5. The van der Waals surface area contributed by atoms with E-state index in [0.717, 1.165) is 28.2 Å². The van der Waals surface area contributed by atoms with Gasteiger partial charge in [0.05, 0.1) is 18.3 Å². The van der Waals surface area contributed by atoms with Gasteiger partial charge in [-0.25, -0.2) is 5.43 Å². The fraction of sp³-hybridized carbons (Fsp3) is 0.176. The fourth-order valence-electron chi connectivity index (χ4n) is 4.63. The van der Waals surface area contributed by atoms with Crippen LogP contribution in [0.15, 0.2) is 94.4 Å². The molecule has 220 valence electrons. The molecule has 0 atom stereocenters. The van der Waals surface area contributed by atoms with Crippen molar-refractivity contribution in [3.63, 3.8) is 0 Å². The van der Waals surface area contributed by atoms with Crippen molar-refractivity contribution in [3.05, 3.63) is 130 Å². The number of hydrogen-bond donors (Lipinski definition) is 1. The smallest absolute Gasteiger partial charge is 0.307 e. The lowest BCUT2D eigenvalue weighted by Gasteiger charge is -2.13. The summed E-state index contributed by atoms with van der Waals surface area (Å²) in [7, 11) is 1.53. The molecule has 0 saturated carbocycles. The van der Waals surface area contributed by atoms with Gasteiger partial charge < -0.3 is 23.2 Å². The Kier molecular flexibility index (Phi) is 9.17. The molecule has 9 heteroatoms. The summed E-state index contributed by atoms with van der Waals surface area (Å²) in [6, 6.07) is 26.7. The molecule has 1 N–H and O–H groups in total. The van der Waals surface area contributed by atoms with Crippen LogP contribution in [-0.4, -0.2) is 23.8 Å². The number of aromatic nitrogens is 1. The molecule has 1 amide bonds. The number of carbonyl (C=O) groups is 1. The zero-order valence-electron chi connectivity index (χ0n) is 24.4. The molecule has 0 aliphatic heterocycles. The van der Waals surface area contributed by atoms with Crippen LogP contribution in [0.2, 0.25) is 5.02 Å². The third-order valence-electron chi connectivity index (χ3n) is 6.73. The Morgan fingerprint density at radius 2 is 1.70 bits per heavy atom. The molecule has 5 rings (SSSR count). The molecule has 0 spiro atoms. The fourth-order valence-corrected chi connectivity index (χ4v) is 4.91. The predicted octanol–water partition coefficient (Wildman–Crippen LogP) is 7.58. The molecular formula is C34H32ClN3O5. The molecule has 3 aromatic carbocycles. The molecule has 0 fully saturated rings. The number of furan rings is 1. The van der Waals surface area contributed by atoms with Crippen LogP contribution < -0.4 is 19.6 Å². The standard InChI is InChI=1S/C34H32ClN3O5/c1-22-6-5-7-25(16-22)20-42-33-30(35)17-26(18-32(33)40-4)19-36-37-34(39)31-15-14-29(43-31)21-41-28-12-10-27(11-13-28)38-23(2)8-9-24(38)3/h5-19H,20-21H2,1-4H3,(H,37,39)/b36-19+. The average molecular weight is 598 g/mol. The number of hydrazone groups is 1. The van der Waals surface area contributed by atoms with Crippen molar-refractivity contribution >= 4 is 23.7 Å². The van der Waals surface area contributed by atoms with E-state index in [2.05, 4.69) is 41.1 Å². The van der Waals surface area contributed by atoms with E-state index >= 15 is 0 Å². The maximum absolute atomic E-state index is 12.6. The number of amides is 1. The van der Waals surface area contributed by atoms with Crippen LogP contribution in [0.25, 0.3) is 5.69 Å². The second-order valence-corrected chi connectivity index (χ2v) is 10.4. The first-order valence-corrected chi connectivity index (χ1v) is 14.0. The van der Waals surface area contributed by atoms with Gasteiger partial charge in [-0.1, -0.05) is 41.4 Å². The van der Waals surface area contributed by atoms with Gasteiger partial charge in [-0.3, -0.25) is 4.79 Å². The largest absolute Gasteiger partial charge is 0.493 e. The van der Waals surface area contributed by atoms with Crippen LogP contribution in [0.1, 0.15) is 44.4 Å². The first kappa shape index (κ1) is 29.5. The summed E-state index contributed by atoms with van der Waals surface area (Å²) in [6.45, 7) is 6.69. The second kappa shape index (κ2) is 13.4. The quantitative estimate of drug-likeness (QED) is 0.125. The highest BCUT2D eigenvalue weighted by molar-refractivity contribution is 6.32. The number of methoxy groups -OCH3 is 1. The summed E-state index contributed by atoms with van der Waals surface area (Å²) in [5, 5.41) is 4.40. The third-order valence-corrected chi connectivity index (χ3v) is 7.01. The van der Waals surface area contributed by atoms with E-state index in [-0.39, 0.29) is 12.4 Å². The van der Waals surface area contributed by atoms with E-state index in [9.17, 15) is 4.79 Å². The van der Waals surface area contributed by atoms with Crippen LogP contribution in [0.3, 0.4) is 0 Å². The Bertz CT molecular complexity index is 1730. The first-order valence-electron chi connectivity index (χ1n) is 13.7. The van der Waals surface area contributed by atoms with Crippen LogP contribution in [-0.2, 0) is 13.2 Å². The highest BCUT2D eigenvalue weighted by Gasteiger charge is 2.14. The van der Waals surface area contributed by atoms with Gasteiger partial charge in [0.2, 0.25) is 0 Å². The van der Waals surface area contributed by atoms with Gasteiger partial charge in [0.15, 0.2) is 17.3 Å². The summed E-state index contributed by atoms with van der Waals surface area (Å²) in [6.07, 6.45) is 1.46. The van der Waals surface area contributed by atoms with Gasteiger partial charge in [-0.15, -0.1) is 0 Å². The Morgan fingerprint density at radius 3 is 2.42 bits per heavy atom. The Balaban J connectivity index is 1.14. The van der Waals surface area contributed by atoms with E-state index in [4.69, 9.17) is 30.2 Å². The molecule has 5 aromatic rings. The predicted molar refractivity (Wildman–Crippen MR) is 167 cm³/mol. The van der Waals surface area contributed by atoms with Crippen molar-refractivity contribution < 1.29 is 23.4 Å². The third kappa shape index (κ3) is 7.28. The van der Waals surface area contributed by atoms with Gasteiger partial charge in [0.25, 0.3) is 0 Å². The SMILES string of the molecule is COc1cc(/C=N/NC(=O)c2ccc(COc3ccc(-n4c(C)ccc4C)cc3)o2)cc(Cl)c1OCc1cccc(C)c1. The van der Waals surface area contributed by atoms with E-state index in [0.29, 0.717) is 40.2 Å². The normalized spacial score (nSPS) is 11.1. The van der Waals surface area contributed by atoms with Crippen molar-refractivity contribution in [2.75, 3.05) is 7.11 Å². The van der Waals surface area contributed by atoms with Crippen LogP contribution in [0.5, 0.6) is 17.2 Å². The molecule has 0 aliphatic carbocycles. The molecule has 0 unspecified atom stereocenters. The van der Waals surface area contributed by atoms with Crippen LogP contribution in [0.4, 0.5) is 0 Å². The zero-order chi connectivity index (χ0) is 30.3. The minimum Gasteiger partial charge on any atom is -0.493 e. The van der Waals surface area contributed by atoms with Crippen molar-refractivity contribution in [3.8, 4) is 22.9 Å². The molecule has 0 radical (unpaired) electrons. The van der Waals surface area contributed by atoms with Crippen LogP contribution in [0, 0.1) is 20.8 Å². The summed E-state index contributed by atoms with van der Waals surface area (Å²) in [5.74, 6) is 1.69. The van der Waals surface area contributed by atoms with E-state index < -0.39 is 5.91 Å². The van der Waals surface area contributed by atoms with E-state index in [1.165, 1.54) is 13.3 Å². The van der Waals surface area contributed by atoms with E-state index in [1.54, 1.807) is 24.3 Å². The Morgan fingerprint density at radius 1 is 0.930 bits per heavy atom. The molecule has 43 heavy (non-hydrogen) atoms. The lowest BCUT2D eigenvalue weighted by molar-refractivity contribution is 0.0923. The van der Waals surface area contributed by atoms with Gasteiger partial charge in [-0.05, 0) is 92.6 Å². The Hall–Kier alpha value is -4.95. The minimum atomic E-state index is -0.500. The average Bonchev–Trinajstić information content (AvgIpc) is 3.61. The number of benzene rings is 3. The number of aryl methyl sites for hydroxylation is 3. The number of carbonyl (C=O) groups excluding carboxylic acids is 1. The van der Waals surface area contributed by atoms with Gasteiger partial charge >= 0.3 is 5.91 Å². The monoisotopic (exact) mass is 597 g/mol. The van der Waals surface area contributed by atoms with Crippen molar-refractivity contribution in [2.45, 2.75) is 34.0 Å². The molecule has 2 heterocycles.